The lowest BCUT2D eigenvalue weighted by molar-refractivity contribution is 0.0964. The number of fused-ring (bicyclic) bond motifs is 2. The first-order chi connectivity index (χ1) is 11.3. The topological polar surface area (TPSA) is 71.3 Å². The van der Waals surface area contributed by atoms with Crippen molar-refractivity contribution >= 4 is 17.4 Å². The van der Waals surface area contributed by atoms with E-state index in [2.05, 4.69) is 45.0 Å². The van der Waals surface area contributed by atoms with Gasteiger partial charge in [0.15, 0.2) is 5.65 Å². The highest BCUT2D eigenvalue weighted by molar-refractivity contribution is 5.99. The molecule has 1 unspecified atom stereocenters. The van der Waals surface area contributed by atoms with Crippen LogP contribution in [0.15, 0.2) is 42.7 Å². The Morgan fingerprint density at radius 2 is 2.17 bits per heavy atom. The lowest BCUT2D eigenvalue weighted by Crippen LogP contribution is -2.18. The average molecular weight is 307 g/mol. The van der Waals surface area contributed by atoms with Crippen LogP contribution in [0.1, 0.15) is 33.9 Å². The number of aryl methyl sites for hydroxylation is 1. The van der Waals surface area contributed by atoms with Gasteiger partial charge >= 0.3 is 0 Å². The van der Waals surface area contributed by atoms with Crippen LogP contribution in [0, 0.1) is 0 Å². The molecular formula is C17H17N5O. The Hall–Kier alpha value is -2.89. The quantitative estimate of drug-likeness (QED) is 0.778. The monoisotopic (exact) mass is 307 g/mol. The maximum absolute atomic E-state index is 11.9. The Morgan fingerprint density at radius 1 is 1.30 bits per heavy atom. The molecule has 116 valence electrons. The van der Waals surface area contributed by atoms with Crippen LogP contribution in [0.3, 0.4) is 0 Å². The second kappa shape index (κ2) is 5.39. The molecule has 1 amide bonds. The zero-order chi connectivity index (χ0) is 15.8. The first-order valence-electron chi connectivity index (χ1n) is 7.67. The normalized spacial score (nSPS) is 16.3. The van der Waals surface area contributed by atoms with Crippen LogP contribution in [0.2, 0.25) is 0 Å². The predicted molar refractivity (Wildman–Crippen MR) is 87.5 cm³/mol. The fraction of sp³-hybridized carbons (Fsp3) is 0.235. The third kappa shape index (κ3) is 2.32. The molecule has 0 spiro atoms. The van der Waals surface area contributed by atoms with E-state index in [1.807, 2.05) is 12.3 Å². The number of benzene rings is 1. The smallest absolute Gasteiger partial charge is 0.256 e. The maximum Gasteiger partial charge on any atom is 0.256 e. The largest absolute Gasteiger partial charge is 0.363 e. The highest BCUT2D eigenvalue weighted by Gasteiger charge is 2.22. The molecule has 2 N–H and O–H groups in total. The molecule has 1 atom stereocenters. The molecule has 23 heavy (non-hydrogen) atoms. The Labute approximate surface area is 133 Å². The Bertz CT molecular complexity index is 886. The van der Waals surface area contributed by atoms with E-state index in [9.17, 15) is 4.79 Å². The summed E-state index contributed by atoms with van der Waals surface area (Å²) in [5.74, 6) is 0.570. The van der Waals surface area contributed by atoms with Crippen LogP contribution >= 0.6 is 0 Å². The van der Waals surface area contributed by atoms with E-state index >= 15 is 0 Å². The Kier molecular flexibility index (Phi) is 3.22. The van der Waals surface area contributed by atoms with Crippen LogP contribution in [0.25, 0.3) is 5.65 Å². The minimum absolute atomic E-state index is 0.184. The summed E-state index contributed by atoms with van der Waals surface area (Å²) < 4.78 is 1.61. The van der Waals surface area contributed by atoms with E-state index in [0.29, 0.717) is 11.2 Å². The standard InChI is InChI=1S/C17H17N5O/c1-18-17(23)13-10-19-22-9-8-15(21-16(13)22)20-14-7-6-11-4-2-3-5-12(11)14/h2-5,8-10,14H,6-7H2,1H3,(H,18,23)(H,20,21). The van der Waals surface area contributed by atoms with Gasteiger partial charge in [0.25, 0.3) is 5.91 Å². The SMILES string of the molecule is CNC(=O)c1cnn2ccc(NC3CCc4ccccc43)nc12. The number of carbonyl (C=O) groups excluding carboxylic acids is 1. The van der Waals surface area contributed by atoms with Gasteiger partial charge in [0.1, 0.15) is 11.4 Å². The van der Waals surface area contributed by atoms with E-state index in [1.165, 1.54) is 17.3 Å². The van der Waals surface area contributed by atoms with Gasteiger partial charge in [0.05, 0.1) is 12.2 Å². The summed E-state index contributed by atoms with van der Waals surface area (Å²) in [7, 11) is 1.60. The number of hydrogen-bond donors (Lipinski definition) is 2. The molecule has 0 fully saturated rings. The zero-order valence-electron chi connectivity index (χ0n) is 12.8. The Balaban J connectivity index is 1.66. The van der Waals surface area contributed by atoms with Crippen LogP contribution in [-0.2, 0) is 6.42 Å². The molecule has 0 saturated carbocycles. The number of nitrogens with one attached hydrogen (secondary N) is 2. The van der Waals surface area contributed by atoms with Crippen LogP contribution in [-0.4, -0.2) is 27.6 Å². The summed E-state index contributed by atoms with van der Waals surface area (Å²) >= 11 is 0. The summed E-state index contributed by atoms with van der Waals surface area (Å²) in [5, 5.41) is 10.3. The molecule has 2 aromatic heterocycles. The molecule has 0 aliphatic heterocycles. The molecular weight excluding hydrogens is 290 g/mol. The van der Waals surface area contributed by atoms with Gasteiger partial charge in [-0.1, -0.05) is 24.3 Å². The highest BCUT2D eigenvalue weighted by atomic mass is 16.1. The van der Waals surface area contributed by atoms with Crippen LogP contribution in [0.5, 0.6) is 0 Å². The molecule has 6 nitrogen and oxygen atoms in total. The summed E-state index contributed by atoms with van der Waals surface area (Å²) in [4.78, 5) is 16.5. The lowest BCUT2D eigenvalue weighted by atomic mass is 10.1. The zero-order valence-corrected chi connectivity index (χ0v) is 12.8. The van der Waals surface area contributed by atoms with Crippen molar-refractivity contribution in [1.82, 2.24) is 19.9 Å². The summed E-state index contributed by atoms with van der Waals surface area (Å²) in [6.07, 6.45) is 5.48. The third-order valence-electron chi connectivity index (χ3n) is 4.30. The molecule has 2 heterocycles. The van der Waals surface area contributed by atoms with Gasteiger partial charge in [0, 0.05) is 13.2 Å². The molecule has 1 aliphatic carbocycles. The van der Waals surface area contributed by atoms with Crippen molar-refractivity contribution in [1.29, 1.82) is 0 Å². The molecule has 0 radical (unpaired) electrons. The summed E-state index contributed by atoms with van der Waals surface area (Å²) in [6.45, 7) is 0. The number of amides is 1. The first-order valence-corrected chi connectivity index (χ1v) is 7.67. The van der Waals surface area contributed by atoms with E-state index in [1.54, 1.807) is 11.6 Å². The van der Waals surface area contributed by atoms with Gasteiger partial charge in [-0.15, -0.1) is 0 Å². The molecule has 0 saturated heterocycles. The second-order valence-electron chi connectivity index (χ2n) is 5.65. The minimum Gasteiger partial charge on any atom is -0.363 e. The number of anilines is 1. The molecule has 6 heteroatoms. The molecule has 3 aromatic rings. The van der Waals surface area contributed by atoms with Gasteiger partial charge in [-0.25, -0.2) is 9.50 Å². The fourth-order valence-electron chi connectivity index (χ4n) is 3.13. The van der Waals surface area contributed by atoms with E-state index in [4.69, 9.17) is 0 Å². The minimum atomic E-state index is -0.184. The van der Waals surface area contributed by atoms with E-state index in [0.717, 1.165) is 18.7 Å². The molecule has 1 aliphatic rings. The number of nitrogens with zero attached hydrogens (tertiary/aromatic N) is 3. The van der Waals surface area contributed by atoms with Gasteiger partial charge in [-0.05, 0) is 30.0 Å². The van der Waals surface area contributed by atoms with Crippen molar-refractivity contribution in [3.8, 4) is 0 Å². The van der Waals surface area contributed by atoms with Gasteiger partial charge in [-0.3, -0.25) is 4.79 Å². The Morgan fingerprint density at radius 3 is 3.04 bits per heavy atom. The number of hydrogen-bond acceptors (Lipinski definition) is 4. The lowest BCUT2D eigenvalue weighted by Gasteiger charge is -2.14. The predicted octanol–water partition coefficient (Wildman–Crippen LogP) is 2.19. The average Bonchev–Trinajstić information content (AvgIpc) is 3.18. The molecule has 0 bridgehead atoms. The fourth-order valence-corrected chi connectivity index (χ4v) is 3.13. The van der Waals surface area contributed by atoms with Crippen molar-refractivity contribution in [2.45, 2.75) is 18.9 Å². The summed E-state index contributed by atoms with van der Waals surface area (Å²) in [5.41, 5.74) is 3.75. The second-order valence-corrected chi connectivity index (χ2v) is 5.65. The third-order valence-corrected chi connectivity index (χ3v) is 4.30. The van der Waals surface area contributed by atoms with Crippen molar-refractivity contribution in [3.05, 3.63) is 59.4 Å². The molecule has 1 aromatic carbocycles. The number of aromatic nitrogens is 3. The van der Waals surface area contributed by atoms with Gasteiger partial charge in [0.2, 0.25) is 0 Å². The van der Waals surface area contributed by atoms with Crippen molar-refractivity contribution < 1.29 is 4.79 Å². The number of carbonyl (C=O) groups is 1. The van der Waals surface area contributed by atoms with Crippen LogP contribution in [0.4, 0.5) is 5.82 Å². The van der Waals surface area contributed by atoms with Gasteiger partial charge < -0.3 is 10.6 Å². The first kappa shape index (κ1) is 13.8. The van der Waals surface area contributed by atoms with E-state index < -0.39 is 0 Å². The summed E-state index contributed by atoms with van der Waals surface area (Å²) in [6, 6.07) is 10.6. The van der Waals surface area contributed by atoms with Crippen molar-refractivity contribution in [2.24, 2.45) is 0 Å². The number of rotatable bonds is 3. The van der Waals surface area contributed by atoms with Crippen LogP contribution < -0.4 is 10.6 Å². The highest BCUT2D eigenvalue weighted by Crippen LogP contribution is 2.33. The van der Waals surface area contributed by atoms with Gasteiger partial charge in [-0.2, -0.15) is 5.10 Å². The van der Waals surface area contributed by atoms with Crippen molar-refractivity contribution in [2.75, 3.05) is 12.4 Å². The maximum atomic E-state index is 11.9. The molecule has 4 rings (SSSR count). The van der Waals surface area contributed by atoms with Crippen molar-refractivity contribution in [3.63, 3.8) is 0 Å². The van der Waals surface area contributed by atoms with E-state index in [-0.39, 0.29) is 11.9 Å².